The third-order valence-electron chi connectivity index (χ3n) is 4.16. The maximum Gasteiger partial charge on any atom is 0.329 e. The fourth-order valence-electron chi connectivity index (χ4n) is 2.59. The van der Waals surface area contributed by atoms with Crippen molar-refractivity contribution in [2.24, 2.45) is 5.92 Å². The zero-order valence-corrected chi connectivity index (χ0v) is 16.3. The summed E-state index contributed by atoms with van der Waals surface area (Å²) < 4.78 is 29.1. The van der Waals surface area contributed by atoms with Crippen molar-refractivity contribution in [2.45, 2.75) is 26.5 Å². The van der Waals surface area contributed by atoms with E-state index in [1.54, 1.807) is 44.2 Å². The van der Waals surface area contributed by atoms with Crippen LogP contribution >= 0.6 is 0 Å². The summed E-state index contributed by atoms with van der Waals surface area (Å²) in [6, 6.07) is 10.2. The summed E-state index contributed by atoms with van der Waals surface area (Å²) in [6.07, 6.45) is 0. The van der Waals surface area contributed by atoms with E-state index in [9.17, 15) is 14.0 Å². The van der Waals surface area contributed by atoms with Crippen LogP contribution in [0.5, 0.6) is 11.5 Å². The van der Waals surface area contributed by atoms with Gasteiger partial charge in [0.2, 0.25) is 0 Å². The maximum atomic E-state index is 13.8. The van der Waals surface area contributed by atoms with Gasteiger partial charge in [-0.1, -0.05) is 32.0 Å². The van der Waals surface area contributed by atoms with Crippen molar-refractivity contribution < 1.29 is 28.2 Å². The molecular weight excluding hydrogens is 365 g/mol. The van der Waals surface area contributed by atoms with E-state index in [0.29, 0.717) is 16.9 Å². The van der Waals surface area contributed by atoms with Gasteiger partial charge in [0, 0.05) is 0 Å². The van der Waals surface area contributed by atoms with Crippen molar-refractivity contribution in [1.29, 1.82) is 0 Å². The molecule has 0 radical (unpaired) electrons. The summed E-state index contributed by atoms with van der Waals surface area (Å²) in [6.45, 7) is 3.47. The minimum absolute atomic E-state index is 0.110. The fourth-order valence-corrected chi connectivity index (χ4v) is 2.59. The Balaban J connectivity index is 2.05. The van der Waals surface area contributed by atoms with Gasteiger partial charge in [0.15, 0.2) is 11.6 Å². The molecule has 0 heterocycles. The summed E-state index contributed by atoms with van der Waals surface area (Å²) in [4.78, 5) is 25.1. The molecule has 6 nitrogen and oxygen atoms in total. The molecule has 0 aliphatic heterocycles. The van der Waals surface area contributed by atoms with Crippen molar-refractivity contribution in [3.8, 4) is 11.5 Å². The van der Waals surface area contributed by atoms with E-state index in [1.165, 1.54) is 26.4 Å². The first-order valence-electron chi connectivity index (χ1n) is 8.80. The van der Waals surface area contributed by atoms with Crippen molar-refractivity contribution >= 4 is 11.9 Å². The van der Waals surface area contributed by atoms with Gasteiger partial charge in [0.1, 0.15) is 18.4 Å². The molecular formula is C21H24FNO5. The first kappa shape index (κ1) is 21.2. The third-order valence-corrected chi connectivity index (χ3v) is 4.16. The summed E-state index contributed by atoms with van der Waals surface area (Å²) in [5, 5.41) is 2.69. The number of carbonyl (C=O) groups excluding carboxylic acids is 2. The summed E-state index contributed by atoms with van der Waals surface area (Å²) >= 11 is 0. The smallest absolute Gasteiger partial charge is 0.329 e. The average Bonchev–Trinajstić information content (AvgIpc) is 2.69. The molecule has 0 aromatic heterocycles. The lowest BCUT2D eigenvalue weighted by atomic mass is 10.0. The van der Waals surface area contributed by atoms with Crippen LogP contribution in [0.1, 0.15) is 29.8 Å². The third kappa shape index (κ3) is 5.22. The average molecular weight is 389 g/mol. The molecule has 1 amide bonds. The highest BCUT2D eigenvalue weighted by molar-refractivity contribution is 5.99. The number of methoxy groups -OCH3 is 2. The van der Waals surface area contributed by atoms with Gasteiger partial charge >= 0.3 is 5.97 Å². The molecule has 2 aromatic carbocycles. The SMILES string of the molecule is COc1ccc(COC(=O)[C@@H](NC(=O)c2ccccc2OC)C(C)C)cc1F. The summed E-state index contributed by atoms with van der Waals surface area (Å²) in [5.41, 5.74) is 0.797. The Hall–Kier alpha value is -3.09. The first-order valence-corrected chi connectivity index (χ1v) is 8.80. The molecule has 2 aromatic rings. The Morgan fingerprint density at radius 3 is 2.32 bits per heavy atom. The van der Waals surface area contributed by atoms with Gasteiger partial charge < -0.3 is 19.5 Å². The van der Waals surface area contributed by atoms with Gasteiger partial charge in [-0.3, -0.25) is 4.79 Å². The fraction of sp³-hybridized carbons (Fsp3) is 0.333. The number of ether oxygens (including phenoxy) is 3. The lowest BCUT2D eigenvalue weighted by Crippen LogP contribution is -2.45. The maximum absolute atomic E-state index is 13.8. The molecule has 150 valence electrons. The number of amides is 1. The predicted molar refractivity (Wildman–Crippen MR) is 102 cm³/mol. The van der Waals surface area contributed by atoms with Crippen LogP contribution in [0.25, 0.3) is 0 Å². The molecule has 28 heavy (non-hydrogen) atoms. The molecule has 2 rings (SSSR count). The Morgan fingerprint density at radius 1 is 1.04 bits per heavy atom. The van der Waals surface area contributed by atoms with Gasteiger partial charge in [0.25, 0.3) is 5.91 Å². The zero-order chi connectivity index (χ0) is 20.7. The van der Waals surface area contributed by atoms with Crippen LogP contribution in [0, 0.1) is 11.7 Å². The van der Waals surface area contributed by atoms with E-state index in [2.05, 4.69) is 5.32 Å². The highest BCUT2D eigenvalue weighted by Crippen LogP contribution is 2.20. The van der Waals surface area contributed by atoms with E-state index in [-0.39, 0.29) is 18.3 Å². The number of nitrogens with one attached hydrogen (secondary N) is 1. The van der Waals surface area contributed by atoms with Crippen LogP contribution in [-0.4, -0.2) is 32.1 Å². The largest absolute Gasteiger partial charge is 0.496 e. The number of rotatable bonds is 8. The van der Waals surface area contributed by atoms with Gasteiger partial charge in [-0.25, -0.2) is 9.18 Å². The van der Waals surface area contributed by atoms with Gasteiger partial charge in [-0.05, 0) is 35.7 Å². The highest BCUT2D eigenvalue weighted by Gasteiger charge is 2.27. The molecule has 0 aliphatic carbocycles. The lowest BCUT2D eigenvalue weighted by Gasteiger charge is -2.21. The molecule has 0 unspecified atom stereocenters. The molecule has 1 N–H and O–H groups in total. The Kier molecular flexibility index (Phi) is 7.37. The topological polar surface area (TPSA) is 73.9 Å². The van der Waals surface area contributed by atoms with Crippen molar-refractivity contribution in [2.75, 3.05) is 14.2 Å². The van der Waals surface area contributed by atoms with Gasteiger partial charge in [-0.2, -0.15) is 0 Å². The van der Waals surface area contributed by atoms with E-state index >= 15 is 0 Å². The molecule has 0 saturated carbocycles. The van der Waals surface area contributed by atoms with Crippen LogP contribution in [0.2, 0.25) is 0 Å². The molecule has 1 atom stereocenters. The van der Waals surface area contributed by atoms with Crippen LogP contribution in [0.4, 0.5) is 4.39 Å². The lowest BCUT2D eigenvalue weighted by molar-refractivity contribution is -0.148. The minimum atomic E-state index is -0.861. The zero-order valence-electron chi connectivity index (χ0n) is 16.3. The van der Waals surface area contributed by atoms with Crippen LogP contribution in [0.15, 0.2) is 42.5 Å². The van der Waals surface area contributed by atoms with Crippen LogP contribution < -0.4 is 14.8 Å². The molecule has 0 spiro atoms. The summed E-state index contributed by atoms with van der Waals surface area (Å²) in [7, 11) is 2.84. The number of esters is 1. The number of carbonyl (C=O) groups is 2. The van der Waals surface area contributed by atoms with Crippen molar-refractivity contribution in [3.05, 3.63) is 59.4 Å². The van der Waals surface area contributed by atoms with E-state index in [4.69, 9.17) is 14.2 Å². The van der Waals surface area contributed by atoms with Crippen LogP contribution in [0.3, 0.4) is 0 Å². The standard InChI is InChI=1S/C21H24FNO5/c1-13(2)19(23-20(24)15-7-5-6-8-17(15)26-3)21(25)28-12-14-9-10-18(27-4)16(22)11-14/h5-11,13,19H,12H2,1-4H3,(H,23,24)/t19-/m0/s1. The van der Waals surface area contributed by atoms with Crippen LogP contribution in [-0.2, 0) is 16.1 Å². The quantitative estimate of drug-likeness (QED) is 0.701. The molecule has 0 saturated heterocycles. The Bertz CT molecular complexity index is 837. The minimum Gasteiger partial charge on any atom is -0.496 e. The second-order valence-electron chi connectivity index (χ2n) is 6.47. The normalized spacial score (nSPS) is 11.6. The van der Waals surface area contributed by atoms with E-state index in [1.807, 2.05) is 0 Å². The summed E-state index contributed by atoms with van der Waals surface area (Å²) in [5.74, 6) is -1.28. The number of hydrogen-bond acceptors (Lipinski definition) is 5. The van der Waals surface area contributed by atoms with Gasteiger partial charge in [-0.15, -0.1) is 0 Å². The Labute approximate surface area is 163 Å². The molecule has 0 fully saturated rings. The number of halogens is 1. The number of hydrogen-bond donors (Lipinski definition) is 1. The predicted octanol–water partition coefficient (Wildman–Crippen LogP) is 3.34. The second-order valence-corrected chi connectivity index (χ2v) is 6.47. The molecule has 0 aliphatic rings. The number of para-hydroxylation sites is 1. The Morgan fingerprint density at radius 2 is 1.71 bits per heavy atom. The van der Waals surface area contributed by atoms with Crippen molar-refractivity contribution in [1.82, 2.24) is 5.32 Å². The monoisotopic (exact) mass is 389 g/mol. The molecule has 7 heteroatoms. The van der Waals surface area contributed by atoms with Crippen molar-refractivity contribution in [3.63, 3.8) is 0 Å². The van der Waals surface area contributed by atoms with E-state index < -0.39 is 23.7 Å². The van der Waals surface area contributed by atoms with Gasteiger partial charge in [0.05, 0.1) is 19.8 Å². The highest BCUT2D eigenvalue weighted by atomic mass is 19.1. The second kappa shape index (κ2) is 9.73. The molecule has 0 bridgehead atoms. The van der Waals surface area contributed by atoms with E-state index in [0.717, 1.165) is 0 Å². The number of benzene rings is 2. The first-order chi connectivity index (χ1) is 13.4.